The molecule has 0 spiro atoms. The van der Waals surface area contributed by atoms with E-state index in [1.165, 1.54) is 17.1 Å². The Balaban J connectivity index is 2.13. The number of hydrogen-bond donors (Lipinski definition) is 0. The zero-order valence-corrected chi connectivity index (χ0v) is 10.9. The van der Waals surface area contributed by atoms with Crippen LogP contribution in [0, 0.1) is 0 Å². The summed E-state index contributed by atoms with van der Waals surface area (Å²) >= 11 is 5.88. The molecule has 7 heteroatoms. The van der Waals surface area contributed by atoms with Gasteiger partial charge in [-0.25, -0.2) is 4.79 Å². The van der Waals surface area contributed by atoms with Gasteiger partial charge in [0.25, 0.3) is 0 Å². The molecule has 0 atom stereocenters. The van der Waals surface area contributed by atoms with Crippen molar-refractivity contribution >= 4 is 23.8 Å². The van der Waals surface area contributed by atoms with Crippen molar-refractivity contribution in [3.8, 4) is 11.4 Å². The van der Waals surface area contributed by atoms with E-state index in [4.69, 9.17) is 16.3 Å². The summed E-state index contributed by atoms with van der Waals surface area (Å²) in [5, 5.41) is 12.4. The molecule has 0 bridgehead atoms. The van der Waals surface area contributed by atoms with E-state index < -0.39 is 5.97 Å². The Labute approximate surface area is 114 Å². The lowest BCUT2D eigenvalue weighted by molar-refractivity contribution is -0.137. The monoisotopic (exact) mass is 278 g/mol. The first kappa shape index (κ1) is 13.2. The number of esters is 1. The maximum absolute atomic E-state index is 11.1. The third-order valence-electron chi connectivity index (χ3n) is 2.14. The number of aromatic nitrogens is 4. The number of rotatable bonds is 4. The molecule has 0 fully saturated rings. The van der Waals surface area contributed by atoms with E-state index in [1.54, 1.807) is 25.1 Å². The van der Waals surface area contributed by atoms with Crippen LogP contribution in [0.5, 0.6) is 0 Å². The van der Waals surface area contributed by atoms with Crippen molar-refractivity contribution in [2.45, 2.75) is 6.92 Å². The second-order valence-electron chi connectivity index (χ2n) is 3.51. The van der Waals surface area contributed by atoms with Crippen LogP contribution in [-0.4, -0.2) is 32.8 Å². The predicted molar refractivity (Wildman–Crippen MR) is 70.2 cm³/mol. The van der Waals surface area contributed by atoms with Gasteiger partial charge in [0.05, 0.1) is 12.8 Å². The van der Waals surface area contributed by atoms with Crippen LogP contribution >= 0.6 is 11.6 Å². The van der Waals surface area contributed by atoms with Gasteiger partial charge in [-0.15, -0.1) is 15.0 Å². The first-order chi connectivity index (χ1) is 9.19. The summed E-state index contributed by atoms with van der Waals surface area (Å²) in [7, 11) is 0. The van der Waals surface area contributed by atoms with Crippen LogP contribution in [0.15, 0.2) is 30.3 Å². The number of hydrogen-bond acceptors (Lipinski definition) is 5. The van der Waals surface area contributed by atoms with Crippen molar-refractivity contribution in [1.82, 2.24) is 20.2 Å². The SMILES string of the molecule is CCOC(=O)/C=C/n1nnc(-c2cccc(Cl)c2)n1. The van der Waals surface area contributed by atoms with Crippen LogP contribution in [0.4, 0.5) is 0 Å². The average Bonchev–Trinajstić information content (AvgIpc) is 2.85. The Morgan fingerprint density at radius 3 is 3.11 bits per heavy atom. The molecule has 0 aliphatic rings. The van der Waals surface area contributed by atoms with Gasteiger partial charge >= 0.3 is 5.97 Å². The standard InChI is InChI=1S/C12H11ClN4O2/c1-2-19-11(18)6-7-17-15-12(14-16-17)9-4-3-5-10(13)8-9/h3-8H,2H2,1H3/b7-6+. The second-order valence-corrected chi connectivity index (χ2v) is 3.95. The summed E-state index contributed by atoms with van der Waals surface area (Å²) in [5.74, 6) is -0.0277. The molecular weight excluding hydrogens is 268 g/mol. The molecule has 1 aromatic heterocycles. The third kappa shape index (κ3) is 3.62. The molecule has 0 unspecified atom stereocenters. The van der Waals surface area contributed by atoms with E-state index in [0.717, 1.165) is 5.56 Å². The van der Waals surface area contributed by atoms with Crippen molar-refractivity contribution in [3.63, 3.8) is 0 Å². The van der Waals surface area contributed by atoms with E-state index >= 15 is 0 Å². The maximum Gasteiger partial charge on any atom is 0.332 e. The average molecular weight is 279 g/mol. The van der Waals surface area contributed by atoms with Crippen LogP contribution in [0.25, 0.3) is 17.6 Å². The second kappa shape index (κ2) is 6.10. The highest BCUT2D eigenvalue weighted by molar-refractivity contribution is 6.30. The summed E-state index contributed by atoms with van der Waals surface area (Å²) in [4.78, 5) is 12.3. The normalized spacial score (nSPS) is 10.8. The van der Waals surface area contributed by atoms with E-state index in [9.17, 15) is 4.79 Å². The fourth-order valence-corrected chi connectivity index (χ4v) is 1.54. The zero-order valence-electron chi connectivity index (χ0n) is 10.2. The molecule has 0 aliphatic carbocycles. The minimum Gasteiger partial charge on any atom is -0.463 e. The molecule has 6 nitrogen and oxygen atoms in total. The van der Waals surface area contributed by atoms with Crippen molar-refractivity contribution in [1.29, 1.82) is 0 Å². The third-order valence-corrected chi connectivity index (χ3v) is 2.38. The molecule has 0 aliphatic heterocycles. The number of halogens is 1. The highest BCUT2D eigenvalue weighted by Crippen LogP contribution is 2.18. The Morgan fingerprint density at radius 2 is 2.37 bits per heavy atom. The predicted octanol–water partition coefficient (Wildman–Crippen LogP) is 2.03. The minimum atomic E-state index is -0.455. The molecule has 98 valence electrons. The van der Waals surface area contributed by atoms with Gasteiger partial charge in [0.15, 0.2) is 0 Å². The first-order valence-electron chi connectivity index (χ1n) is 5.59. The molecule has 1 heterocycles. The van der Waals surface area contributed by atoms with Gasteiger partial charge < -0.3 is 4.74 Å². The number of ether oxygens (including phenoxy) is 1. The zero-order chi connectivity index (χ0) is 13.7. The number of carbonyl (C=O) groups is 1. The van der Waals surface area contributed by atoms with Gasteiger partial charge in [-0.1, -0.05) is 23.7 Å². The summed E-state index contributed by atoms with van der Waals surface area (Å²) in [6.45, 7) is 2.05. The largest absolute Gasteiger partial charge is 0.463 e. The van der Waals surface area contributed by atoms with Crippen molar-refractivity contribution in [3.05, 3.63) is 35.4 Å². The number of nitrogens with zero attached hydrogens (tertiary/aromatic N) is 4. The minimum absolute atomic E-state index is 0.321. The smallest absolute Gasteiger partial charge is 0.332 e. The highest BCUT2D eigenvalue weighted by atomic mass is 35.5. The molecule has 19 heavy (non-hydrogen) atoms. The lowest BCUT2D eigenvalue weighted by Gasteiger charge is -1.94. The van der Waals surface area contributed by atoms with Crippen molar-refractivity contribution in [2.24, 2.45) is 0 Å². The van der Waals surface area contributed by atoms with Gasteiger partial charge in [-0.2, -0.15) is 0 Å². The number of benzene rings is 1. The molecule has 1 aromatic carbocycles. The van der Waals surface area contributed by atoms with Crippen LogP contribution in [0.1, 0.15) is 6.92 Å². The first-order valence-corrected chi connectivity index (χ1v) is 5.97. The van der Waals surface area contributed by atoms with Gasteiger partial charge in [-0.3, -0.25) is 0 Å². The number of tetrazole rings is 1. The van der Waals surface area contributed by atoms with E-state index in [2.05, 4.69) is 15.4 Å². The van der Waals surface area contributed by atoms with Gasteiger partial charge in [0.1, 0.15) is 0 Å². The molecule has 2 aromatic rings. The Bertz CT molecular complexity index is 609. The van der Waals surface area contributed by atoms with E-state index in [-0.39, 0.29) is 0 Å². The molecule has 0 radical (unpaired) electrons. The topological polar surface area (TPSA) is 69.9 Å². The summed E-state index contributed by atoms with van der Waals surface area (Å²) < 4.78 is 4.74. The summed E-state index contributed by atoms with van der Waals surface area (Å²) in [6.07, 6.45) is 2.60. The fraction of sp³-hybridized carbons (Fsp3) is 0.167. The van der Waals surface area contributed by atoms with Crippen molar-refractivity contribution < 1.29 is 9.53 Å². The molecular formula is C12H11ClN4O2. The summed E-state index contributed by atoms with van der Waals surface area (Å²) in [5.41, 5.74) is 0.753. The highest BCUT2D eigenvalue weighted by Gasteiger charge is 2.05. The quantitative estimate of drug-likeness (QED) is 0.632. The Hall–Kier alpha value is -2.21. The van der Waals surface area contributed by atoms with E-state index in [0.29, 0.717) is 17.5 Å². The van der Waals surface area contributed by atoms with Crippen LogP contribution in [0.2, 0.25) is 5.02 Å². The molecule has 0 saturated carbocycles. The Kier molecular flexibility index (Phi) is 4.25. The van der Waals surface area contributed by atoms with Crippen LogP contribution in [-0.2, 0) is 9.53 Å². The molecule has 2 rings (SSSR count). The lowest BCUT2D eigenvalue weighted by atomic mass is 10.2. The molecule has 0 saturated heterocycles. The maximum atomic E-state index is 11.1. The Morgan fingerprint density at radius 1 is 1.53 bits per heavy atom. The summed E-state index contributed by atoms with van der Waals surface area (Å²) in [6, 6.07) is 7.11. The van der Waals surface area contributed by atoms with Crippen molar-refractivity contribution in [2.75, 3.05) is 6.61 Å². The van der Waals surface area contributed by atoms with Gasteiger partial charge in [0, 0.05) is 16.7 Å². The fourth-order valence-electron chi connectivity index (χ4n) is 1.35. The number of carbonyl (C=O) groups excluding carboxylic acids is 1. The van der Waals surface area contributed by atoms with Crippen LogP contribution < -0.4 is 0 Å². The van der Waals surface area contributed by atoms with Crippen LogP contribution in [0.3, 0.4) is 0 Å². The molecule has 0 N–H and O–H groups in total. The van der Waals surface area contributed by atoms with E-state index in [1.807, 2.05) is 6.07 Å². The van der Waals surface area contributed by atoms with Gasteiger partial charge in [-0.05, 0) is 24.3 Å². The molecule has 0 amide bonds. The van der Waals surface area contributed by atoms with Gasteiger partial charge in [0.2, 0.25) is 5.82 Å². The lowest BCUT2D eigenvalue weighted by Crippen LogP contribution is -2.01.